The van der Waals surface area contributed by atoms with Crippen LogP contribution in [0.15, 0.2) is 17.5 Å². The summed E-state index contributed by atoms with van der Waals surface area (Å²) in [5.74, 6) is 0.587. The minimum atomic E-state index is -0.426. The van der Waals surface area contributed by atoms with E-state index in [-0.39, 0.29) is 11.9 Å². The van der Waals surface area contributed by atoms with Gasteiger partial charge in [-0.15, -0.1) is 23.1 Å². The Morgan fingerprint density at radius 1 is 1.60 bits per heavy atom. The van der Waals surface area contributed by atoms with Gasteiger partial charge in [-0.05, 0) is 11.4 Å². The van der Waals surface area contributed by atoms with E-state index < -0.39 is 5.37 Å². The number of nitrogens with zero attached hydrogens (tertiary/aromatic N) is 1. The molecule has 0 radical (unpaired) electrons. The zero-order chi connectivity index (χ0) is 10.8. The van der Waals surface area contributed by atoms with Crippen molar-refractivity contribution in [1.29, 1.82) is 0 Å². The van der Waals surface area contributed by atoms with E-state index in [2.05, 4.69) is 5.32 Å². The van der Waals surface area contributed by atoms with Crippen LogP contribution in [0.3, 0.4) is 0 Å². The van der Waals surface area contributed by atoms with E-state index in [1.165, 1.54) is 23.7 Å². The number of amides is 3. The van der Waals surface area contributed by atoms with Crippen molar-refractivity contribution in [2.45, 2.75) is 11.1 Å². The topological polar surface area (TPSA) is 49.4 Å². The van der Waals surface area contributed by atoms with Crippen molar-refractivity contribution in [3.05, 3.63) is 22.4 Å². The third-order valence-corrected chi connectivity index (χ3v) is 4.28. The second-order valence-corrected chi connectivity index (χ2v) is 5.24. The predicted molar refractivity (Wildman–Crippen MR) is 60.7 cm³/mol. The first-order chi connectivity index (χ1) is 7.18. The first-order valence-electron chi connectivity index (χ1n) is 4.40. The number of hydrogen-bond acceptors (Lipinski definition) is 4. The molecule has 2 rings (SSSR count). The number of thioether (sulfide) groups is 1. The molecule has 80 valence electrons. The van der Waals surface area contributed by atoms with Gasteiger partial charge in [0.2, 0.25) is 0 Å². The Balaban J connectivity index is 1.91. The van der Waals surface area contributed by atoms with Crippen LogP contribution in [0.5, 0.6) is 0 Å². The van der Waals surface area contributed by atoms with Crippen LogP contribution in [0.2, 0.25) is 0 Å². The number of carbonyl (C=O) groups is 2. The maximum absolute atomic E-state index is 11.5. The highest BCUT2D eigenvalue weighted by atomic mass is 32.2. The lowest BCUT2D eigenvalue weighted by Crippen LogP contribution is -2.25. The molecule has 1 aromatic rings. The summed E-state index contributed by atoms with van der Waals surface area (Å²) in [7, 11) is 1.49. The van der Waals surface area contributed by atoms with E-state index in [1.807, 2.05) is 17.5 Å². The summed E-state index contributed by atoms with van der Waals surface area (Å²) < 4.78 is 0. The highest BCUT2D eigenvalue weighted by Gasteiger charge is 2.35. The Labute approximate surface area is 95.6 Å². The molecule has 15 heavy (non-hydrogen) atoms. The van der Waals surface area contributed by atoms with Gasteiger partial charge in [-0.3, -0.25) is 9.69 Å². The fourth-order valence-corrected chi connectivity index (χ4v) is 3.10. The number of likely N-dealkylation sites (N-methyl/N-ethyl adjacent to an activating group) is 1. The van der Waals surface area contributed by atoms with E-state index in [1.54, 1.807) is 11.3 Å². The van der Waals surface area contributed by atoms with Crippen LogP contribution in [0.25, 0.3) is 0 Å². The molecule has 2 heterocycles. The van der Waals surface area contributed by atoms with Crippen LogP contribution in [-0.4, -0.2) is 29.3 Å². The average Bonchev–Trinajstić information content (AvgIpc) is 2.80. The summed E-state index contributed by atoms with van der Waals surface area (Å²) in [6, 6.07) is 3.67. The molecule has 1 fully saturated rings. The van der Waals surface area contributed by atoms with Crippen molar-refractivity contribution < 1.29 is 9.59 Å². The predicted octanol–water partition coefficient (Wildman–Crippen LogP) is 1.49. The Kier molecular flexibility index (Phi) is 2.97. The van der Waals surface area contributed by atoms with Gasteiger partial charge in [0.1, 0.15) is 0 Å². The Bertz CT molecular complexity index is 377. The molecule has 1 aliphatic heterocycles. The number of urea groups is 1. The van der Waals surface area contributed by atoms with Gasteiger partial charge in [0, 0.05) is 17.7 Å². The zero-order valence-corrected chi connectivity index (χ0v) is 9.73. The molecule has 1 aromatic heterocycles. The molecule has 0 saturated carbocycles. The van der Waals surface area contributed by atoms with Crippen LogP contribution in [0.1, 0.15) is 4.88 Å². The first kappa shape index (κ1) is 10.5. The van der Waals surface area contributed by atoms with Crippen molar-refractivity contribution >= 4 is 35.0 Å². The Hall–Kier alpha value is -1.01. The van der Waals surface area contributed by atoms with Crippen LogP contribution < -0.4 is 5.32 Å². The van der Waals surface area contributed by atoms with Crippen molar-refractivity contribution in [3.8, 4) is 0 Å². The fourth-order valence-electron chi connectivity index (χ4n) is 1.22. The molecule has 0 aromatic carbocycles. The summed E-state index contributed by atoms with van der Waals surface area (Å²) in [6.07, 6.45) is 0. The van der Waals surface area contributed by atoms with Gasteiger partial charge in [-0.1, -0.05) is 6.07 Å². The van der Waals surface area contributed by atoms with E-state index in [9.17, 15) is 9.59 Å². The minimum absolute atomic E-state index is 0.165. The summed E-state index contributed by atoms with van der Waals surface area (Å²) in [5, 5.41) is 4.19. The molecule has 4 nitrogen and oxygen atoms in total. The summed E-state index contributed by atoms with van der Waals surface area (Å²) in [6.45, 7) is 0. The van der Waals surface area contributed by atoms with Crippen LogP contribution in [0.4, 0.5) is 4.79 Å². The van der Waals surface area contributed by atoms with Crippen LogP contribution in [0, 0.1) is 0 Å². The van der Waals surface area contributed by atoms with Gasteiger partial charge in [-0.25, -0.2) is 4.79 Å². The van der Waals surface area contributed by atoms with E-state index in [0.29, 0.717) is 0 Å². The highest BCUT2D eigenvalue weighted by molar-refractivity contribution is 8.00. The second kappa shape index (κ2) is 4.24. The smallest absolute Gasteiger partial charge is 0.317 e. The lowest BCUT2D eigenvalue weighted by Gasteiger charge is -2.05. The normalized spacial score (nSPS) is 20.9. The van der Waals surface area contributed by atoms with Crippen LogP contribution in [-0.2, 0) is 10.5 Å². The van der Waals surface area contributed by atoms with Gasteiger partial charge in [-0.2, -0.15) is 0 Å². The molecule has 1 saturated heterocycles. The molecular formula is C9H10N2O2S2. The zero-order valence-electron chi connectivity index (χ0n) is 8.10. The summed E-state index contributed by atoms with van der Waals surface area (Å²) in [5.41, 5.74) is 0. The maximum atomic E-state index is 11.5. The first-order valence-corrected chi connectivity index (χ1v) is 6.33. The highest BCUT2D eigenvalue weighted by Crippen LogP contribution is 2.23. The largest absolute Gasteiger partial charge is 0.325 e. The van der Waals surface area contributed by atoms with E-state index >= 15 is 0 Å². The van der Waals surface area contributed by atoms with E-state index in [4.69, 9.17) is 0 Å². The van der Waals surface area contributed by atoms with Gasteiger partial charge in [0.05, 0.1) is 0 Å². The Morgan fingerprint density at radius 3 is 2.93 bits per heavy atom. The molecule has 0 aliphatic carbocycles. The lowest BCUT2D eigenvalue weighted by molar-refractivity contribution is -0.124. The van der Waals surface area contributed by atoms with Gasteiger partial charge in [0.15, 0.2) is 5.37 Å². The van der Waals surface area contributed by atoms with Gasteiger partial charge >= 0.3 is 6.03 Å². The van der Waals surface area contributed by atoms with Crippen molar-refractivity contribution in [1.82, 2.24) is 10.2 Å². The monoisotopic (exact) mass is 242 g/mol. The third-order valence-electron chi connectivity index (χ3n) is 2.09. The summed E-state index contributed by atoms with van der Waals surface area (Å²) >= 11 is 3.10. The molecule has 6 heteroatoms. The third kappa shape index (κ3) is 2.15. The average molecular weight is 242 g/mol. The summed E-state index contributed by atoms with van der Waals surface area (Å²) in [4.78, 5) is 25.0. The van der Waals surface area contributed by atoms with Crippen molar-refractivity contribution in [2.24, 2.45) is 0 Å². The molecule has 1 N–H and O–H groups in total. The number of nitrogens with one attached hydrogen (secondary N) is 1. The van der Waals surface area contributed by atoms with Gasteiger partial charge in [0.25, 0.3) is 5.91 Å². The Morgan fingerprint density at radius 2 is 2.40 bits per heavy atom. The molecule has 1 unspecified atom stereocenters. The van der Waals surface area contributed by atoms with Crippen molar-refractivity contribution in [3.63, 3.8) is 0 Å². The molecule has 0 bridgehead atoms. The number of hydrogen-bond donors (Lipinski definition) is 1. The number of rotatable bonds is 3. The minimum Gasteiger partial charge on any atom is -0.317 e. The van der Waals surface area contributed by atoms with Crippen LogP contribution >= 0.6 is 23.1 Å². The second-order valence-electron chi connectivity index (χ2n) is 3.12. The number of imide groups is 1. The van der Waals surface area contributed by atoms with Gasteiger partial charge < -0.3 is 5.32 Å². The lowest BCUT2D eigenvalue weighted by atomic mass is 10.5. The van der Waals surface area contributed by atoms with E-state index in [0.717, 1.165) is 10.7 Å². The fraction of sp³-hybridized carbons (Fsp3) is 0.333. The molecular weight excluding hydrogens is 232 g/mol. The molecule has 3 amide bonds. The molecule has 0 spiro atoms. The maximum Gasteiger partial charge on any atom is 0.325 e. The number of carbonyl (C=O) groups excluding carboxylic acids is 2. The number of thiophene rings is 1. The molecule has 1 aliphatic rings. The molecule has 1 atom stereocenters. The standard InChI is InChI=1S/C9H10N2O2S2/c1-11-8(12)7(10-9(11)13)15-5-6-3-2-4-14-6/h2-4,7H,5H2,1H3,(H,10,13). The van der Waals surface area contributed by atoms with Crippen molar-refractivity contribution in [2.75, 3.05) is 7.05 Å². The quantitative estimate of drug-likeness (QED) is 0.817. The SMILES string of the molecule is CN1C(=O)NC(SCc2cccs2)C1=O.